The summed E-state index contributed by atoms with van der Waals surface area (Å²) in [6.07, 6.45) is -4.62. The van der Waals surface area contributed by atoms with Gasteiger partial charge in [-0.25, -0.2) is 0 Å². The lowest BCUT2D eigenvalue weighted by Crippen LogP contribution is -2.15. The molecule has 1 amide bonds. The number of nitrogens with zero attached hydrogens (tertiary/aromatic N) is 1. The first-order chi connectivity index (χ1) is 9.90. The summed E-state index contributed by atoms with van der Waals surface area (Å²) >= 11 is 1.19. The normalized spacial score (nSPS) is 11.0. The van der Waals surface area contributed by atoms with E-state index < -0.39 is 17.6 Å². The fraction of sp³-hybridized carbons (Fsp3) is 0.143. The minimum absolute atomic E-state index is 0.188. The summed E-state index contributed by atoms with van der Waals surface area (Å²) in [6, 6.07) is 8.09. The molecule has 1 N–H and O–H groups in total. The lowest BCUT2D eigenvalue weighted by molar-refractivity contribution is -0.137. The molecule has 2 aromatic rings. The van der Waals surface area contributed by atoms with E-state index in [0.29, 0.717) is 10.6 Å². The van der Waals surface area contributed by atoms with E-state index in [1.807, 2.05) is 6.07 Å². The number of halogens is 3. The number of hydrogen-bond acceptors (Lipinski definition) is 3. The molecule has 1 aromatic heterocycles. The highest BCUT2D eigenvalue weighted by atomic mass is 32.1. The van der Waals surface area contributed by atoms with Crippen LogP contribution < -0.4 is 5.32 Å². The van der Waals surface area contributed by atoms with Gasteiger partial charge in [0.1, 0.15) is 11.1 Å². The summed E-state index contributed by atoms with van der Waals surface area (Å²) < 4.78 is 37.7. The molecule has 108 valence electrons. The van der Waals surface area contributed by atoms with Gasteiger partial charge >= 0.3 is 6.18 Å². The fourth-order valence-corrected chi connectivity index (χ4v) is 2.46. The summed E-state index contributed by atoms with van der Waals surface area (Å²) in [5.41, 5.74) is -0.198. The van der Waals surface area contributed by atoms with Gasteiger partial charge in [0.15, 0.2) is 0 Å². The van der Waals surface area contributed by atoms with Crippen LogP contribution in [-0.2, 0) is 17.4 Å². The molecule has 2 rings (SSSR count). The number of thiophene rings is 1. The van der Waals surface area contributed by atoms with Crippen LogP contribution in [0, 0.1) is 11.3 Å². The molecule has 0 aliphatic carbocycles. The Balaban J connectivity index is 2.09. The van der Waals surface area contributed by atoms with Crippen molar-refractivity contribution in [1.82, 2.24) is 0 Å². The van der Waals surface area contributed by atoms with Crippen LogP contribution in [0.4, 0.5) is 18.2 Å². The zero-order valence-corrected chi connectivity index (χ0v) is 11.4. The number of carbonyl (C=O) groups is 1. The molecule has 0 fully saturated rings. The van der Waals surface area contributed by atoms with Crippen LogP contribution in [0.5, 0.6) is 0 Å². The molecular weight excluding hydrogens is 301 g/mol. The maximum absolute atomic E-state index is 12.6. The molecule has 0 aliphatic heterocycles. The molecule has 0 unspecified atom stereocenters. The second-order valence-corrected chi connectivity index (χ2v) is 5.11. The SMILES string of the molecule is N#Cc1ccsc1NC(=O)Cc1cccc(C(F)(F)F)c1. The number of amides is 1. The van der Waals surface area contributed by atoms with E-state index >= 15 is 0 Å². The van der Waals surface area contributed by atoms with Crippen molar-refractivity contribution in [3.05, 3.63) is 52.4 Å². The second-order valence-electron chi connectivity index (χ2n) is 4.20. The highest BCUT2D eigenvalue weighted by Crippen LogP contribution is 2.29. The van der Waals surface area contributed by atoms with Gasteiger partial charge < -0.3 is 5.32 Å². The minimum Gasteiger partial charge on any atom is -0.316 e. The molecule has 7 heteroatoms. The van der Waals surface area contributed by atoms with Crippen LogP contribution in [0.2, 0.25) is 0 Å². The number of anilines is 1. The Morgan fingerprint density at radius 2 is 2.10 bits per heavy atom. The first-order valence-electron chi connectivity index (χ1n) is 5.83. The number of alkyl halides is 3. The van der Waals surface area contributed by atoms with E-state index in [9.17, 15) is 18.0 Å². The van der Waals surface area contributed by atoms with E-state index in [4.69, 9.17) is 5.26 Å². The summed E-state index contributed by atoms with van der Waals surface area (Å²) in [6.45, 7) is 0. The molecule has 0 aliphatic rings. The second kappa shape index (κ2) is 5.97. The molecule has 0 saturated carbocycles. The monoisotopic (exact) mass is 310 g/mol. The van der Waals surface area contributed by atoms with Gasteiger partial charge in [0.25, 0.3) is 0 Å². The maximum Gasteiger partial charge on any atom is 0.416 e. The van der Waals surface area contributed by atoms with Crippen molar-refractivity contribution in [2.24, 2.45) is 0 Å². The van der Waals surface area contributed by atoms with Crippen molar-refractivity contribution >= 4 is 22.2 Å². The molecule has 0 saturated heterocycles. The number of hydrogen-bond donors (Lipinski definition) is 1. The van der Waals surface area contributed by atoms with Gasteiger partial charge in [-0.05, 0) is 23.1 Å². The average Bonchev–Trinajstić information content (AvgIpc) is 2.85. The molecule has 0 atom stereocenters. The lowest BCUT2D eigenvalue weighted by Gasteiger charge is -2.08. The molecule has 3 nitrogen and oxygen atoms in total. The molecule has 0 bridgehead atoms. The van der Waals surface area contributed by atoms with Crippen LogP contribution in [0.1, 0.15) is 16.7 Å². The number of nitrogens with one attached hydrogen (secondary N) is 1. The first-order valence-corrected chi connectivity index (χ1v) is 6.71. The summed E-state index contributed by atoms with van der Waals surface area (Å²) in [5, 5.41) is 13.4. The zero-order valence-electron chi connectivity index (χ0n) is 10.6. The van der Waals surface area contributed by atoms with Crippen molar-refractivity contribution in [2.45, 2.75) is 12.6 Å². The summed E-state index contributed by atoms with van der Waals surface area (Å²) in [4.78, 5) is 11.8. The highest BCUT2D eigenvalue weighted by molar-refractivity contribution is 7.14. The Morgan fingerprint density at radius 1 is 1.33 bits per heavy atom. The highest BCUT2D eigenvalue weighted by Gasteiger charge is 2.30. The van der Waals surface area contributed by atoms with E-state index in [0.717, 1.165) is 12.1 Å². The Hall–Kier alpha value is -2.33. The third-order valence-corrected chi connectivity index (χ3v) is 3.49. The Morgan fingerprint density at radius 3 is 2.76 bits per heavy atom. The topological polar surface area (TPSA) is 52.9 Å². The molecule has 0 spiro atoms. The third kappa shape index (κ3) is 3.83. The third-order valence-electron chi connectivity index (χ3n) is 2.66. The van der Waals surface area contributed by atoms with Crippen molar-refractivity contribution in [3.63, 3.8) is 0 Å². The molecule has 1 aromatic carbocycles. The maximum atomic E-state index is 12.6. The quantitative estimate of drug-likeness (QED) is 0.937. The van der Waals surface area contributed by atoms with E-state index in [1.54, 1.807) is 11.4 Å². The molecule has 21 heavy (non-hydrogen) atoms. The smallest absolute Gasteiger partial charge is 0.316 e. The molecule has 0 radical (unpaired) electrons. The van der Waals surface area contributed by atoms with Crippen LogP contribution in [0.25, 0.3) is 0 Å². The van der Waals surface area contributed by atoms with Crippen LogP contribution >= 0.6 is 11.3 Å². The van der Waals surface area contributed by atoms with Crippen molar-refractivity contribution in [2.75, 3.05) is 5.32 Å². The number of rotatable bonds is 3. The lowest BCUT2D eigenvalue weighted by atomic mass is 10.1. The Labute approximate surface area is 122 Å². The standard InChI is InChI=1S/C14H9F3N2OS/c15-14(16,17)11-3-1-2-9(6-11)7-12(20)19-13-10(8-18)4-5-21-13/h1-6H,7H2,(H,19,20). The van der Waals surface area contributed by atoms with Gasteiger partial charge in [0.2, 0.25) is 5.91 Å². The van der Waals surface area contributed by atoms with Gasteiger partial charge in [-0.2, -0.15) is 18.4 Å². The van der Waals surface area contributed by atoms with E-state index in [1.165, 1.54) is 23.5 Å². The first kappa shape index (κ1) is 15.1. The van der Waals surface area contributed by atoms with Gasteiger partial charge in [0, 0.05) is 0 Å². The van der Waals surface area contributed by atoms with Crippen LogP contribution in [0.15, 0.2) is 35.7 Å². The van der Waals surface area contributed by atoms with Gasteiger partial charge in [-0.15, -0.1) is 11.3 Å². The summed E-state index contributed by atoms with van der Waals surface area (Å²) in [7, 11) is 0. The van der Waals surface area contributed by atoms with Crippen molar-refractivity contribution < 1.29 is 18.0 Å². The summed E-state index contributed by atoms with van der Waals surface area (Å²) in [5.74, 6) is -0.465. The van der Waals surface area contributed by atoms with Crippen molar-refractivity contribution in [3.8, 4) is 6.07 Å². The molecular formula is C14H9F3N2OS. The Kier molecular flexibility index (Phi) is 4.29. The fourth-order valence-electron chi connectivity index (χ4n) is 1.71. The Bertz CT molecular complexity index is 701. The van der Waals surface area contributed by atoms with Gasteiger partial charge in [0.05, 0.1) is 17.5 Å². The van der Waals surface area contributed by atoms with E-state index in [2.05, 4.69) is 5.32 Å². The van der Waals surface area contributed by atoms with Crippen LogP contribution in [-0.4, -0.2) is 5.91 Å². The minimum atomic E-state index is -4.44. The van der Waals surface area contributed by atoms with E-state index in [-0.39, 0.29) is 12.0 Å². The van der Waals surface area contributed by atoms with Crippen molar-refractivity contribution in [1.29, 1.82) is 5.26 Å². The predicted molar refractivity (Wildman–Crippen MR) is 72.8 cm³/mol. The predicted octanol–water partition coefficient (Wildman–Crippen LogP) is 3.82. The average molecular weight is 310 g/mol. The zero-order chi connectivity index (χ0) is 15.5. The number of nitriles is 1. The largest absolute Gasteiger partial charge is 0.416 e. The number of carbonyl (C=O) groups excluding carboxylic acids is 1. The van der Waals surface area contributed by atoms with Crippen LogP contribution in [0.3, 0.4) is 0 Å². The number of benzene rings is 1. The molecule has 1 heterocycles. The van der Waals surface area contributed by atoms with Gasteiger partial charge in [-0.1, -0.05) is 18.2 Å². The van der Waals surface area contributed by atoms with Gasteiger partial charge in [-0.3, -0.25) is 4.79 Å².